The van der Waals surface area contributed by atoms with Gasteiger partial charge in [-0.3, -0.25) is 9.59 Å². The summed E-state index contributed by atoms with van der Waals surface area (Å²) in [5.74, 6) is 0.0402. The average molecular weight is 482 g/mol. The first-order valence-corrected chi connectivity index (χ1v) is 10.7. The molecule has 7 heteroatoms. The topological polar surface area (TPSA) is 58.6 Å². The third-order valence-corrected chi connectivity index (χ3v) is 5.36. The summed E-state index contributed by atoms with van der Waals surface area (Å²) >= 11 is 9.37. The molecule has 0 heterocycles. The van der Waals surface area contributed by atoms with Crippen LogP contribution in [0.3, 0.4) is 0 Å². The molecule has 0 aliphatic carbocycles. The third-order valence-electron chi connectivity index (χ3n) is 4.59. The smallest absolute Gasteiger partial charge is 0.261 e. The van der Waals surface area contributed by atoms with Crippen molar-refractivity contribution in [2.75, 3.05) is 6.61 Å². The van der Waals surface area contributed by atoms with E-state index in [2.05, 4.69) is 21.2 Å². The van der Waals surface area contributed by atoms with E-state index in [9.17, 15) is 9.59 Å². The van der Waals surface area contributed by atoms with Crippen LogP contribution in [0.1, 0.15) is 32.8 Å². The van der Waals surface area contributed by atoms with Gasteiger partial charge < -0.3 is 15.0 Å². The van der Waals surface area contributed by atoms with Crippen molar-refractivity contribution in [3.8, 4) is 5.75 Å². The minimum absolute atomic E-state index is 0.0392. The number of benzene rings is 2. The van der Waals surface area contributed by atoms with Crippen LogP contribution in [-0.4, -0.2) is 35.4 Å². The highest BCUT2D eigenvalue weighted by Crippen LogP contribution is 2.18. The molecule has 2 atom stereocenters. The molecule has 0 spiro atoms. The first-order valence-electron chi connectivity index (χ1n) is 9.52. The number of nitrogens with one attached hydrogen (secondary N) is 1. The molecule has 0 aliphatic heterocycles. The summed E-state index contributed by atoms with van der Waals surface area (Å²) in [6.45, 7) is 5.79. The molecule has 0 aromatic heterocycles. The van der Waals surface area contributed by atoms with Crippen molar-refractivity contribution in [1.82, 2.24) is 10.2 Å². The van der Waals surface area contributed by atoms with E-state index in [0.29, 0.717) is 17.3 Å². The third kappa shape index (κ3) is 7.37. The Kier molecular flexibility index (Phi) is 8.99. The van der Waals surface area contributed by atoms with Crippen molar-refractivity contribution in [1.29, 1.82) is 0 Å². The van der Waals surface area contributed by atoms with E-state index in [0.717, 1.165) is 16.5 Å². The maximum atomic E-state index is 13.0. The van der Waals surface area contributed by atoms with Crippen LogP contribution in [0.5, 0.6) is 5.75 Å². The number of carbonyl (C=O) groups excluding carboxylic acids is 2. The van der Waals surface area contributed by atoms with Gasteiger partial charge in [-0.15, -0.1) is 0 Å². The molecule has 1 N–H and O–H groups in total. The highest BCUT2D eigenvalue weighted by Gasteiger charge is 2.27. The van der Waals surface area contributed by atoms with Gasteiger partial charge in [-0.05, 0) is 56.2 Å². The summed E-state index contributed by atoms with van der Waals surface area (Å²) in [5, 5.41) is 3.47. The molecule has 5 nitrogen and oxygen atoms in total. The minimum Gasteiger partial charge on any atom is -0.484 e. The fraction of sp³-hybridized carbons (Fsp3) is 0.364. The lowest BCUT2D eigenvalue weighted by Gasteiger charge is -2.29. The number of halogens is 2. The summed E-state index contributed by atoms with van der Waals surface area (Å²) in [5.41, 5.74) is 0.924. The summed E-state index contributed by atoms with van der Waals surface area (Å²) < 4.78 is 6.55. The van der Waals surface area contributed by atoms with Gasteiger partial charge in [-0.25, -0.2) is 0 Å². The Balaban J connectivity index is 2.14. The van der Waals surface area contributed by atoms with E-state index in [1.54, 1.807) is 31.2 Å². The maximum absolute atomic E-state index is 13.0. The fourth-order valence-electron chi connectivity index (χ4n) is 2.62. The average Bonchev–Trinajstić information content (AvgIpc) is 2.71. The van der Waals surface area contributed by atoms with Gasteiger partial charge in [-0.2, -0.15) is 0 Å². The van der Waals surface area contributed by atoms with Gasteiger partial charge >= 0.3 is 0 Å². The van der Waals surface area contributed by atoms with Crippen molar-refractivity contribution < 1.29 is 14.3 Å². The normalized spacial score (nSPS) is 12.7. The SMILES string of the molecule is CC[C@H](C)NC(=O)[C@H](C)N(Cc1ccc(Br)cc1)C(=O)COc1cccc(Cl)c1. The van der Waals surface area contributed by atoms with Crippen LogP contribution in [0.15, 0.2) is 53.0 Å². The first-order chi connectivity index (χ1) is 13.8. The number of hydrogen-bond donors (Lipinski definition) is 1. The number of rotatable bonds is 9. The Morgan fingerprint density at radius 2 is 1.86 bits per heavy atom. The van der Waals surface area contributed by atoms with Gasteiger partial charge in [0.25, 0.3) is 5.91 Å². The van der Waals surface area contributed by atoms with Crippen LogP contribution in [0.2, 0.25) is 5.02 Å². The number of hydrogen-bond acceptors (Lipinski definition) is 3. The second kappa shape index (κ2) is 11.2. The summed E-state index contributed by atoms with van der Waals surface area (Å²) in [7, 11) is 0. The molecule has 0 saturated carbocycles. The highest BCUT2D eigenvalue weighted by molar-refractivity contribution is 9.10. The van der Waals surface area contributed by atoms with E-state index in [1.165, 1.54) is 4.90 Å². The Bertz CT molecular complexity index is 829. The van der Waals surface area contributed by atoms with Gasteiger partial charge in [0.05, 0.1) is 0 Å². The first kappa shape index (κ1) is 23.2. The molecule has 0 fully saturated rings. The predicted octanol–water partition coefficient (Wildman–Crippen LogP) is 4.81. The molecular weight excluding hydrogens is 456 g/mol. The lowest BCUT2D eigenvalue weighted by molar-refractivity contribution is -0.142. The van der Waals surface area contributed by atoms with Crippen LogP contribution >= 0.6 is 27.5 Å². The quantitative estimate of drug-likeness (QED) is 0.559. The van der Waals surface area contributed by atoms with Crippen molar-refractivity contribution in [2.45, 2.75) is 45.8 Å². The lowest BCUT2D eigenvalue weighted by atomic mass is 10.1. The summed E-state index contributed by atoms with van der Waals surface area (Å²) in [6, 6.07) is 13.9. The Hall–Kier alpha value is -2.05. The maximum Gasteiger partial charge on any atom is 0.261 e. The van der Waals surface area contributed by atoms with Gasteiger partial charge in [-0.1, -0.05) is 52.7 Å². The van der Waals surface area contributed by atoms with E-state index in [-0.39, 0.29) is 24.5 Å². The predicted molar refractivity (Wildman–Crippen MR) is 119 cm³/mol. The van der Waals surface area contributed by atoms with E-state index >= 15 is 0 Å². The van der Waals surface area contributed by atoms with E-state index in [1.807, 2.05) is 38.1 Å². The Labute approximate surface area is 185 Å². The molecule has 0 unspecified atom stereocenters. The molecular formula is C22H26BrClN2O3. The molecule has 156 valence electrons. The van der Waals surface area contributed by atoms with E-state index < -0.39 is 6.04 Å². The summed E-state index contributed by atoms with van der Waals surface area (Å²) in [6.07, 6.45) is 0.816. The summed E-state index contributed by atoms with van der Waals surface area (Å²) in [4.78, 5) is 27.1. The molecule has 0 saturated heterocycles. The zero-order chi connectivity index (χ0) is 21.4. The molecule has 2 rings (SSSR count). The van der Waals surface area contributed by atoms with E-state index in [4.69, 9.17) is 16.3 Å². The van der Waals surface area contributed by atoms with Gasteiger partial charge in [0.2, 0.25) is 5.91 Å². The van der Waals surface area contributed by atoms with Crippen molar-refractivity contribution >= 4 is 39.3 Å². The molecule has 0 bridgehead atoms. The van der Waals surface area contributed by atoms with Crippen LogP contribution < -0.4 is 10.1 Å². The fourth-order valence-corrected chi connectivity index (χ4v) is 3.06. The van der Waals surface area contributed by atoms with Crippen molar-refractivity contribution in [3.05, 3.63) is 63.6 Å². The Morgan fingerprint density at radius 3 is 2.48 bits per heavy atom. The Morgan fingerprint density at radius 1 is 1.17 bits per heavy atom. The van der Waals surface area contributed by atoms with Crippen molar-refractivity contribution in [3.63, 3.8) is 0 Å². The lowest BCUT2D eigenvalue weighted by Crippen LogP contribution is -2.50. The number of ether oxygens (including phenoxy) is 1. The number of amides is 2. The molecule has 2 aromatic rings. The molecule has 2 amide bonds. The van der Waals surface area contributed by atoms with Crippen LogP contribution in [-0.2, 0) is 16.1 Å². The van der Waals surface area contributed by atoms with Gasteiger partial charge in [0.15, 0.2) is 6.61 Å². The van der Waals surface area contributed by atoms with Crippen LogP contribution in [0.4, 0.5) is 0 Å². The molecule has 2 aromatic carbocycles. The molecule has 29 heavy (non-hydrogen) atoms. The second-order valence-electron chi connectivity index (χ2n) is 6.89. The molecule has 0 aliphatic rings. The zero-order valence-electron chi connectivity index (χ0n) is 16.8. The van der Waals surface area contributed by atoms with Crippen LogP contribution in [0, 0.1) is 0 Å². The minimum atomic E-state index is -0.636. The zero-order valence-corrected chi connectivity index (χ0v) is 19.2. The largest absolute Gasteiger partial charge is 0.484 e. The van der Waals surface area contributed by atoms with Crippen LogP contribution in [0.25, 0.3) is 0 Å². The monoisotopic (exact) mass is 480 g/mol. The van der Waals surface area contributed by atoms with Crippen molar-refractivity contribution in [2.24, 2.45) is 0 Å². The van der Waals surface area contributed by atoms with Gasteiger partial charge in [0.1, 0.15) is 11.8 Å². The van der Waals surface area contributed by atoms with Gasteiger partial charge in [0, 0.05) is 22.1 Å². The second-order valence-corrected chi connectivity index (χ2v) is 8.24. The number of nitrogens with zero attached hydrogens (tertiary/aromatic N) is 1. The number of carbonyl (C=O) groups is 2. The standard InChI is InChI=1S/C22H26BrClN2O3/c1-4-15(2)25-22(28)16(3)26(13-17-8-10-18(23)11-9-17)21(27)14-29-20-7-5-6-19(24)12-20/h5-12,15-16H,4,13-14H2,1-3H3,(H,25,28)/t15-,16-/m0/s1. The molecule has 0 radical (unpaired) electrons. The highest BCUT2D eigenvalue weighted by atomic mass is 79.9.